The monoisotopic (exact) mass is 1150 g/mol. The first-order valence-corrected chi connectivity index (χ1v) is 29.1. The van der Waals surface area contributed by atoms with Gasteiger partial charge in [-0.05, 0) is 82.1 Å². The van der Waals surface area contributed by atoms with Gasteiger partial charge in [0, 0.05) is 61.8 Å². The number of likely N-dealkylation sites (N-methyl/N-ethyl adjacent to an activating group) is 6. The number of carbonyl (C=O) groups is 11. The van der Waals surface area contributed by atoms with Crippen molar-refractivity contribution < 1.29 is 57.8 Å². The second-order valence-corrected chi connectivity index (χ2v) is 23.9. The van der Waals surface area contributed by atoms with Crippen LogP contribution < -0.4 is 21.3 Å². The van der Waals surface area contributed by atoms with Crippen molar-refractivity contribution in [1.82, 2.24) is 55.6 Å². The summed E-state index contributed by atoms with van der Waals surface area (Å²) in [5.74, 6) is -9.13. The Labute approximate surface area is 486 Å². The van der Waals surface area contributed by atoms with Crippen molar-refractivity contribution in [1.29, 1.82) is 0 Å². The number of hydrogen-bond donors (Lipinski definition) is 5. The Morgan fingerprint density at radius 2 is 1.13 bits per heavy atom. The molecule has 23 nitrogen and oxygen atoms in total. The molecule has 0 aliphatic carbocycles. The van der Waals surface area contributed by atoms with Crippen LogP contribution in [0.3, 0.4) is 0 Å². The molecule has 11 amide bonds. The molecule has 2 aliphatic rings. The van der Waals surface area contributed by atoms with Gasteiger partial charge < -0.3 is 60.7 Å². The SMILES string of the molecule is CC[C@H](C)[C@@H]1NC(=O)CN(C)C(=O)[C@H]([C@@H](C)O)NC(=O)[C@H](C(C)C)N(C)C(=O)[C@@H](C)N(C)C(=O)C[C@@H](C(=O)N2CCCCC2)NC(=O)[C@H](CC(C)C)NC(=O)[C@H](Cc2ccccc2)N(C)C(=O)[C@H](CC(C)C)N(C)C(=O)[C@H](C)N(C)C1=O. The highest BCUT2D eigenvalue weighted by Gasteiger charge is 2.43. The van der Waals surface area contributed by atoms with Gasteiger partial charge in [-0.2, -0.15) is 0 Å². The molecule has 1 aromatic carbocycles. The third-order valence-electron chi connectivity index (χ3n) is 16.1. The van der Waals surface area contributed by atoms with Crippen molar-refractivity contribution in [3.8, 4) is 0 Å². The zero-order chi connectivity index (χ0) is 62.2. The fourth-order valence-corrected chi connectivity index (χ4v) is 10.4. The largest absolute Gasteiger partial charge is 0.391 e. The molecule has 460 valence electrons. The normalized spacial score (nSPS) is 26.9. The Morgan fingerprint density at radius 3 is 1.67 bits per heavy atom. The van der Waals surface area contributed by atoms with Gasteiger partial charge in [0.2, 0.25) is 65.0 Å². The first-order valence-electron chi connectivity index (χ1n) is 29.1. The molecule has 1 aromatic rings. The molecule has 0 unspecified atom stereocenters. The molecule has 2 saturated heterocycles. The number of likely N-dealkylation sites (tertiary alicyclic amines) is 1. The Kier molecular flexibility index (Phi) is 26.9. The smallest absolute Gasteiger partial charge is 0.248 e. The van der Waals surface area contributed by atoms with Crippen LogP contribution in [0.1, 0.15) is 127 Å². The van der Waals surface area contributed by atoms with Crippen LogP contribution in [0.15, 0.2) is 30.3 Å². The van der Waals surface area contributed by atoms with Crippen LogP contribution in [0.2, 0.25) is 0 Å². The summed E-state index contributed by atoms with van der Waals surface area (Å²) in [5, 5.41) is 21.9. The Morgan fingerprint density at radius 1 is 0.585 bits per heavy atom. The van der Waals surface area contributed by atoms with Gasteiger partial charge in [0.25, 0.3) is 0 Å². The number of carbonyl (C=O) groups excluding carboxylic acids is 11. The van der Waals surface area contributed by atoms with E-state index in [1.165, 1.54) is 77.8 Å². The maximum atomic E-state index is 15.1. The van der Waals surface area contributed by atoms with Gasteiger partial charge in [0.1, 0.15) is 54.4 Å². The van der Waals surface area contributed by atoms with Crippen molar-refractivity contribution in [2.24, 2.45) is 23.7 Å². The molecular formula is C59H97N11O12. The van der Waals surface area contributed by atoms with E-state index in [9.17, 15) is 53.1 Å². The lowest BCUT2D eigenvalue weighted by atomic mass is 9.96. The summed E-state index contributed by atoms with van der Waals surface area (Å²) in [4.78, 5) is 168. The van der Waals surface area contributed by atoms with E-state index in [2.05, 4.69) is 21.3 Å². The van der Waals surface area contributed by atoms with Crippen molar-refractivity contribution in [3.63, 3.8) is 0 Å². The summed E-state index contributed by atoms with van der Waals surface area (Å²) in [7, 11) is 8.30. The molecule has 2 heterocycles. The maximum Gasteiger partial charge on any atom is 0.248 e. The number of aliphatic hydroxyl groups excluding tert-OH is 1. The predicted octanol–water partition coefficient (Wildman–Crippen LogP) is 1.39. The van der Waals surface area contributed by atoms with Gasteiger partial charge in [-0.1, -0.05) is 92.1 Å². The Hall–Kier alpha value is -6.65. The third kappa shape index (κ3) is 18.7. The number of amides is 11. The minimum atomic E-state index is -1.61. The highest BCUT2D eigenvalue weighted by Crippen LogP contribution is 2.22. The van der Waals surface area contributed by atoms with E-state index in [0.29, 0.717) is 37.9 Å². The minimum Gasteiger partial charge on any atom is -0.391 e. The first-order chi connectivity index (χ1) is 38.3. The molecule has 3 rings (SSSR count). The quantitative estimate of drug-likeness (QED) is 0.210. The van der Waals surface area contributed by atoms with E-state index in [4.69, 9.17) is 0 Å². The number of benzene rings is 1. The highest BCUT2D eigenvalue weighted by atomic mass is 16.3. The van der Waals surface area contributed by atoms with Crippen LogP contribution in [0, 0.1) is 23.7 Å². The number of nitrogens with one attached hydrogen (secondary N) is 4. The molecule has 0 saturated carbocycles. The molecule has 0 bridgehead atoms. The first kappa shape index (κ1) is 69.6. The average Bonchev–Trinajstić information content (AvgIpc) is 3.64. The molecule has 2 aliphatic heterocycles. The lowest BCUT2D eigenvalue weighted by molar-refractivity contribution is -0.152. The third-order valence-corrected chi connectivity index (χ3v) is 16.1. The lowest BCUT2D eigenvalue weighted by Crippen LogP contribution is -2.61. The summed E-state index contributed by atoms with van der Waals surface area (Å²) in [6.07, 6.45) is 0.808. The summed E-state index contributed by atoms with van der Waals surface area (Å²) < 4.78 is 0. The summed E-state index contributed by atoms with van der Waals surface area (Å²) in [6, 6.07) is -2.68. The molecule has 82 heavy (non-hydrogen) atoms. The summed E-state index contributed by atoms with van der Waals surface area (Å²) >= 11 is 0. The number of nitrogens with zero attached hydrogens (tertiary/aromatic N) is 7. The fraction of sp³-hybridized carbons (Fsp3) is 0.712. The van der Waals surface area contributed by atoms with E-state index >= 15 is 4.79 Å². The number of hydrogen-bond acceptors (Lipinski definition) is 12. The topological polar surface area (TPSA) is 279 Å². The van der Waals surface area contributed by atoms with E-state index < -0.39 is 150 Å². The van der Waals surface area contributed by atoms with Gasteiger partial charge in [0.15, 0.2) is 0 Å². The molecular weight excluding hydrogens is 1050 g/mol. The van der Waals surface area contributed by atoms with Gasteiger partial charge in [-0.15, -0.1) is 0 Å². The Balaban J connectivity index is 2.27. The predicted molar refractivity (Wildman–Crippen MR) is 310 cm³/mol. The molecule has 23 heteroatoms. The zero-order valence-corrected chi connectivity index (χ0v) is 51.8. The van der Waals surface area contributed by atoms with Crippen LogP contribution >= 0.6 is 0 Å². The fourth-order valence-electron chi connectivity index (χ4n) is 10.4. The van der Waals surface area contributed by atoms with Crippen LogP contribution in [0.25, 0.3) is 0 Å². The van der Waals surface area contributed by atoms with Crippen LogP contribution in [0.4, 0.5) is 0 Å². The second kappa shape index (κ2) is 31.7. The van der Waals surface area contributed by atoms with Crippen molar-refractivity contribution in [2.45, 2.75) is 188 Å². The summed E-state index contributed by atoms with van der Waals surface area (Å²) in [6.45, 7) is 18.7. The van der Waals surface area contributed by atoms with E-state index in [0.717, 1.165) is 21.1 Å². The van der Waals surface area contributed by atoms with Gasteiger partial charge in [-0.3, -0.25) is 52.7 Å². The molecule has 2 fully saturated rings. The van der Waals surface area contributed by atoms with Crippen molar-refractivity contribution in [3.05, 3.63) is 35.9 Å². The molecule has 0 spiro atoms. The molecule has 5 N–H and O–H groups in total. The minimum absolute atomic E-state index is 0.00989. The maximum absolute atomic E-state index is 15.1. The Bertz CT molecular complexity index is 2400. The number of piperidine rings is 1. The second-order valence-electron chi connectivity index (χ2n) is 23.9. The highest BCUT2D eigenvalue weighted by molar-refractivity contribution is 5.99. The number of rotatable bonds is 11. The number of aliphatic hydroxyl groups is 1. The summed E-state index contributed by atoms with van der Waals surface area (Å²) in [5.41, 5.74) is 0.681. The van der Waals surface area contributed by atoms with Gasteiger partial charge in [-0.25, -0.2) is 0 Å². The van der Waals surface area contributed by atoms with Gasteiger partial charge >= 0.3 is 0 Å². The molecule has 0 aromatic heterocycles. The van der Waals surface area contributed by atoms with Crippen LogP contribution in [-0.4, -0.2) is 227 Å². The lowest BCUT2D eigenvalue weighted by Gasteiger charge is -2.38. The van der Waals surface area contributed by atoms with Crippen molar-refractivity contribution >= 4 is 65.0 Å². The zero-order valence-electron chi connectivity index (χ0n) is 51.8. The van der Waals surface area contributed by atoms with Crippen molar-refractivity contribution in [2.75, 3.05) is 61.9 Å². The standard InChI is InChI=1S/C59H97N11O12/c1-18-37(8)48-59(82)66(14)39(10)54(77)68(16)45(30-35(4)5)57(80)67(15)44(31-41-25-21-19-22-26-41)52(75)60-42(29-34(2)3)51(74)61-43(56(79)70-27-23-20-24-28-70)32-47(73)65(13)38(9)55(78)69(17)50(36(6)7)53(76)63-49(40(11)71)58(81)64(12)33-46(72)62-48/h19,21-22,25-26,34-40,42-45,48-50,71H,18,20,23-24,27-33H2,1-17H3,(H,60,75)(H,61,74)(H,62,72)(H,63,76)/t37-,38+,39-,40+,42-,43-,44-,45-,48-,49-,50-/m0/s1. The van der Waals surface area contributed by atoms with E-state index in [-0.39, 0.29) is 31.1 Å². The molecule has 11 atom stereocenters. The van der Waals surface area contributed by atoms with Crippen LogP contribution in [0.5, 0.6) is 0 Å². The van der Waals surface area contributed by atoms with E-state index in [1.807, 2.05) is 34.6 Å². The van der Waals surface area contributed by atoms with Gasteiger partial charge in [0.05, 0.1) is 19.1 Å². The van der Waals surface area contributed by atoms with E-state index in [1.54, 1.807) is 56.0 Å². The molecule has 0 radical (unpaired) electrons. The average molecular weight is 1150 g/mol. The van der Waals surface area contributed by atoms with Crippen LogP contribution in [-0.2, 0) is 59.2 Å².